The number of benzene rings is 1. The summed E-state index contributed by atoms with van der Waals surface area (Å²) < 4.78 is 18.6. The van der Waals surface area contributed by atoms with Gasteiger partial charge in [0, 0.05) is 18.7 Å². The Kier molecular flexibility index (Phi) is 4.05. The van der Waals surface area contributed by atoms with Crippen molar-refractivity contribution in [3.05, 3.63) is 53.7 Å². The van der Waals surface area contributed by atoms with Crippen LogP contribution in [0.3, 0.4) is 0 Å². The maximum atomic E-state index is 13.1. The zero-order valence-corrected chi connectivity index (χ0v) is 15.2. The fraction of sp³-hybridized carbons (Fsp3) is 0.263. The van der Waals surface area contributed by atoms with Gasteiger partial charge >= 0.3 is 0 Å². The number of anilines is 1. The maximum Gasteiger partial charge on any atom is 0.231 e. The highest BCUT2D eigenvalue weighted by Crippen LogP contribution is 2.33. The molecule has 5 rings (SSSR count). The van der Waals surface area contributed by atoms with Crippen LogP contribution >= 0.6 is 11.3 Å². The Labute approximate surface area is 158 Å². The molecule has 27 heavy (non-hydrogen) atoms. The Morgan fingerprint density at radius 1 is 1.15 bits per heavy atom. The molecule has 136 valence electrons. The summed E-state index contributed by atoms with van der Waals surface area (Å²) in [6.07, 6.45) is 3.63. The van der Waals surface area contributed by atoms with Crippen molar-refractivity contribution in [2.24, 2.45) is 0 Å². The smallest absolute Gasteiger partial charge is 0.231 e. The van der Waals surface area contributed by atoms with Crippen LogP contribution in [0.25, 0.3) is 21.6 Å². The number of rotatable bonds is 3. The molecule has 3 aromatic heterocycles. The number of nitrogens with zero attached hydrogens (tertiary/aromatic N) is 5. The monoisotopic (exact) mass is 381 g/mol. The van der Waals surface area contributed by atoms with Crippen LogP contribution in [0.4, 0.5) is 10.2 Å². The van der Waals surface area contributed by atoms with Crippen LogP contribution < -0.4 is 4.90 Å². The molecule has 0 amide bonds. The van der Waals surface area contributed by atoms with Gasteiger partial charge in [-0.3, -0.25) is 0 Å². The van der Waals surface area contributed by atoms with Gasteiger partial charge in [-0.05, 0) is 48.6 Å². The van der Waals surface area contributed by atoms with E-state index >= 15 is 0 Å². The summed E-state index contributed by atoms with van der Waals surface area (Å²) >= 11 is 1.62. The summed E-state index contributed by atoms with van der Waals surface area (Å²) in [6, 6.07) is 8.18. The Morgan fingerprint density at radius 2 is 2.04 bits per heavy atom. The van der Waals surface area contributed by atoms with Crippen molar-refractivity contribution in [1.82, 2.24) is 20.1 Å². The molecule has 6 nitrogen and oxygen atoms in total. The molecule has 0 spiro atoms. The molecule has 1 saturated heterocycles. The predicted molar refractivity (Wildman–Crippen MR) is 101 cm³/mol. The second-order valence-corrected chi connectivity index (χ2v) is 7.48. The van der Waals surface area contributed by atoms with E-state index in [1.165, 1.54) is 12.1 Å². The number of piperidine rings is 1. The van der Waals surface area contributed by atoms with Crippen LogP contribution in [0.1, 0.15) is 24.7 Å². The van der Waals surface area contributed by atoms with Gasteiger partial charge in [0.2, 0.25) is 11.7 Å². The molecule has 1 aromatic carbocycles. The minimum atomic E-state index is -0.282. The maximum absolute atomic E-state index is 13.1. The van der Waals surface area contributed by atoms with Gasteiger partial charge in [-0.2, -0.15) is 4.98 Å². The highest BCUT2D eigenvalue weighted by atomic mass is 32.1. The predicted octanol–water partition coefficient (Wildman–Crippen LogP) is 4.26. The third-order valence-electron chi connectivity index (χ3n) is 4.86. The van der Waals surface area contributed by atoms with Gasteiger partial charge in [0.05, 0.1) is 11.3 Å². The average Bonchev–Trinajstić information content (AvgIpc) is 3.38. The molecular weight excluding hydrogens is 365 g/mol. The quantitative estimate of drug-likeness (QED) is 0.528. The zero-order valence-electron chi connectivity index (χ0n) is 14.4. The molecule has 0 N–H and O–H groups in total. The van der Waals surface area contributed by atoms with Crippen LogP contribution in [-0.4, -0.2) is 33.2 Å². The SMILES string of the molecule is Fc1ccc(-c2noc(C3CCCN(c4ncnc5sccc45)C3)n2)cc1. The van der Waals surface area contributed by atoms with E-state index in [0.29, 0.717) is 11.7 Å². The molecule has 0 aliphatic carbocycles. The summed E-state index contributed by atoms with van der Waals surface area (Å²) in [6.45, 7) is 1.71. The third-order valence-corrected chi connectivity index (χ3v) is 5.68. The lowest BCUT2D eigenvalue weighted by atomic mass is 9.98. The fourth-order valence-electron chi connectivity index (χ4n) is 3.52. The number of fused-ring (bicyclic) bond motifs is 1. The molecule has 0 saturated carbocycles. The molecule has 1 fully saturated rings. The topological polar surface area (TPSA) is 67.9 Å². The van der Waals surface area contributed by atoms with E-state index in [1.54, 1.807) is 29.8 Å². The van der Waals surface area contributed by atoms with Gasteiger partial charge in [-0.25, -0.2) is 14.4 Å². The van der Waals surface area contributed by atoms with Gasteiger partial charge in [0.25, 0.3) is 0 Å². The van der Waals surface area contributed by atoms with E-state index in [9.17, 15) is 4.39 Å². The summed E-state index contributed by atoms with van der Waals surface area (Å²) in [4.78, 5) is 16.7. The molecule has 1 aliphatic heterocycles. The number of thiophene rings is 1. The minimum absolute atomic E-state index is 0.143. The number of halogens is 1. The highest BCUT2D eigenvalue weighted by Gasteiger charge is 2.28. The zero-order chi connectivity index (χ0) is 18.2. The molecular formula is C19H16FN5OS. The first-order chi connectivity index (χ1) is 13.3. The average molecular weight is 381 g/mol. The van der Waals surface area contributed by atoms with Crippen molar-refractivity contribution >= 4 is 27.4 Å². The van der Waals surface area contributed by atoms with Gasteiger partial charge in [-0.1, -0.05) is 5.16 Å². The molecule has 8 heteroatoms. The standard InChI is InChI=1S/C19H16FN5OS/c20-14-5-3-12(4-6-14)16-23-18(26-24-16)13-2-1-8-25(10-13)17-15-7-9-27-19(15)22-11-21-17/h3-7,9,11,13H,1-2,8,10H2. The van der Waals surface area contributed by atoms with Crippen molar-refractivity contribution < 1.29 is 8.91 Å². The lowest BCUT2D eigenvalue weighted by molar-refractivity contribution is 0.333. The summed E-state index contributed by atoms with van der Waals surface area (Å²) in [5.74, 6) is 1.93. The van der Waals surface area contributed by atoms with Crippen molar-refractivity contribution in [3.8, 4) is 11.4 Å². The second kappa shape index (κ2) is 6.70. The van der Waals surface area contributed by atoms with Gasteiger partial charge in [-0.15, -0.1) is 11.3 Å². The van der Waals surface area contributed by atoms with E-state index in [4.69, 9.17) is 4.52 Å². The van der Waals surface area contributed by atoms with Crippen molar-refractivity contribution in [2.45, 2.75) is 18.8 Å². The largest absolute Gasteiger partial charge is 0.355 e. The normalized spacial score (nSPS) is 17.5. The minimum Gasteiger partial charge on any atom is -0.355 e. The van der Waals surface area contributed by atoms with Crippen LogP contribution in [0.15, 0.2) is 46.6 Å². The van der Waals surface area contributed by atoms with Crippen molar-refractivity contribution in [3.63, 3.8) is 0 Å². The summed E-state index contributed by atoms with van der Waals surface area (Å²) in [5, 5.41) is 7.20. The van der Waals surface area contributed by atoms with Crippen molar-refractivity contribution in [1.29, 1.82) is 0 Å². The van der Waals surface area contributed by atoms with Crippen LogP contribution in [0.2, 0.25) is 0 Å². The first-order valence-electron chi connectivity index (χ1n) is 8.80. The lowest BCUT2D eigenvalue weighted by Crippen LogP contribution is -2.35. The van der Waals surface area contributed by atoms with E-state index in [-0.39, 0.29) is 11.7 Å². The molecule has 1 aliphatic rings. The first kappa shape index (κ1) is 16.3. The van der Waals surface area contributed by atoms with E-state index < -0.39 is 0 Å². The second-order valence-electron chi connectivity index (χ2n) is 6.58. The Bertz CT molecular complexity index is 1080. The summed E-state index contributed by atoms with van der Waals surface area (Å²) in [5.41, 5.74) is 0.745. The van der Waals surface area contributed by atoms with E-state index in [0.717, 1.165) is 47.5 Å². The lowest BCUT2D eigenvalue weighted by Gasteiger charge is -2.32. The van der Waals surface area contributed by atoms with Gasteiger partial charge in [0.1, 0.15) is 22.8 Å². The number of hydrogen-bond acceptors (Lipinski definition) is 7. The molecule has 0 radical (unpaired) electrons. The fourth-order valence-corrected chi connectivity index (χ4v) is 4.24. The third kappa shape index (κ3) is 3.06. The Morgan fingerprint density at radius 3 is 2.93 bits per heavy atom. The van der Waals surface area contributed by atoms with Crippen LogP contribution in [0, 0.1) is 5.82 Å². The number of hydrogen-bond donors (Lipinski definition) is 0. The molecule has 4 aromatic rings. The van der Waals surface area contributed by atoms with E-state index in [1.807, 2.05) is 5.38 Å². The number of aromatic nitrogens is 4. The summed E-state index contributed by atoms with van der Waals surface area (Å²) in [7, 11) is 0. The van der Waals surface area contributed by atoms with Crippen LogP contribution in [0.5, 0.6) is 0 Å². The Balaban J connectivity index is 1.40. The molecule has 4 heterocycles. The Hall–Kier alpha value is -2.87. The molecule has 0 bridgehead atoms. The highest BCUT2D eigenvalue weighted by molar-refractivity contribution is 7.16. The van der Waals surface area contributed by atoms with Crippen LogP contribution in [-0.2, 0) is 0 Å². The first-order valence-corrected chi connectivity index (χ1v) is 9.68. The van der Waals surface area contributed by atoms with Gasteiger partial charge < -0.3 is 9.42 Å². The van der Waals surface area contributed by atoms with E-state index in [2.05, 4.69) is 31.1 Å². The molecule has 1 atom stereocenters. The molecule has 1 unspecified atom stereocenters. The van der Waals surface area contributed by atoms with Crippen molar-refractivity contribution in [2.75, 3.05) is 18.0 Å². The van der Waals surface area contributed by atoms with Gasteiger partial charge in [0.15, 0.2) is 0 Å².